The van der Waals surface area contributed by atoms with Crippen molar-refractivity contribution in [2.75, 3.05) is 33.3 Å². The topological polar surface area (TPSA) is 79.9 Å². The van der Waals surface area contributed by atoms with Crippen molar-refractivity contribution in [3.63, 3.8) is 0 Å². The first-order chi connectivity index (χ1) is 12.1. The van der Waals surface area contributed by atoms with Crippen LogP contribution in [0.3, 0.4) is 0 Å². The van der Waals surface area contributed by atoms with Crippen LogP contribution < -0.4 is 11.1 Å². The predicted octanol–water partition coefficient (Wildman–Crippen LogP) is 2.28. The molecule has 1 aliphatic heterocycles. The lowest BCUT2D eigenvalue weighted by Gasteiger charge is -2.40. The fourth-order valence-corrected chi connectivity index (χ4v) is 4.17. The van der Waals surface area contributed by atoms with Crippen LogP contribution in [0.5, 0.6) is 0 Å². The van der Waals surface area contributed by atoms with E-state index in [9.17, 15) is 4.79 Å². The Morgan fingerprint density at radius 2 is 2.08 bits per heavy atom. The third kappa shape index (κ3) is 6.17. The number of aliphatic imine (C=N–C) groups is 1. The molecule has 6 nitrogen and oxygen atoms in total. The first-order valence-electron chi connectivity index (χ1n) is 9.96. The number of carbonyl (C=O) groups excluding carboxylic acids is 1. The van der Waals surface area contributed by atoms with Crippen LogP contribution in [0.4, 0.5) is 0 Å². The summed E-state index contributed by atoms with van der Waals surface area (Å²) in [5, 5.41) is 3.57. The summed E-state index contributed by atoms with van der Waals surface area (Å²) in [6, 6.07) is 0. The van der Waals surface area contributed by atoms with Crippen molar-refractivity contribution in [1.29, 1.82) is 0 Å². The number of ether oxygens (including phenoxy) is 1. The molecule has 0 bridgehead atoms. The number of guanidine groups is 1. The average molecular weight is 353 g/mol. The molecule has 3 N–H and O–H groups in total. The van der Waals surface area contributed by atoms with E-state index in [-0.39, 0.29) is 11.5 Å². The van der Waals surface area contributed by atoms with E-state index in [1.165, 1.54) is 19.3 Å². The maximum Gasteiger partial charge on any atom is 0.217 e. The zero-order valence-corrected chi connectivity index (χ0v) is 16.1. The third-order valence-electron chi connectivity index (χ3n) is 5.47. The number of amides is 1. The number of hydrogen-bond donors (Lipinski definition) is 2. The number of nitrogens with one attached hydrogen (secondary N) is 1. The van der Waals surface area contributed by atoms with Crippen molar-refractivity contribution in [1.82, 2.24) is 10.2 Å². The van der Waals surface area contributed by atoms with E-state index in [1.54, 1.807) is 0 Å². The molecule has 0 aromatic rings. The Bertz CT molecular complexity index is 447. The maximum absolute atomic E-state index is 11.2. The van der Waals surface area contributed by atoms with Gasteiger partial charge in [0.1, 0.15) is 0 Å². The molecule has 0 spiro atoms. The molecule has 1 amide bonds. The molecule has 1 heterocycles. The van der Waals surface area contributed by atoms with E-state index in [1.807, 2.05) is 7.05 Å². The summed E-state index contributed by atoms with van der Waals surface area (Å²) in [4.78, 5) is 18.0. The van der Waals surface area contributed by atoms with Crippen LogP contribution in [0.15, 0.2) is 4.99 Å². The van der Waals surface area contributed by atoms with Gasteiger partial charge in [0.05, 0.1) is 5.60 Å². The maximum atomic E-state index is 11.2. The molecule has 0 aromatic carbocycles. The number of nitrogens with two attached hydrogens (primary N) is 1. The summed E-state index contributed by atoms with van der Waals surface area (Å²) in [5.41, 5.74) is 5.33. The van der Waals surface area contributed by atoms with Gasteiger partial charge in [-0.3, -0.25) is 9.79 Å². The summed E-state index contributed by atoms with van der Waals surface area (Å²) in [7, 11) is 1.83. The summed E-state index contributed by atoms with van der Waals surface area (Å²) in [5.74, 6) is 1.06. The molecule has 1 unspecified atom stereocenters. The lowest BCUT2D eigenvalue weighted by molar-refractivity contribution is -0.119. The Morgan fingerprint density at radius 1 is 1.32 bits per heavy atom. The summed E-state index contributed by atoms with van der Waals surface area (Å²) in [6.07, 6.45) is 9.73. The molecular weight excluding hydrogens is 316 g/mol. The summed E-state index contributed by atoms with van der Waals surface area (Å²) in [6.45, 7) is 5.64. The second kappa shape index (κ2) is 10.00. The second-order valence-electron chi connectivity index (χ2n) is 7.62. The van der Waals surface area contributed by atoms with Crippen molar-refractivity contribution in [2.45, 2.75) is 70.3 Å². The third-order valence-corrected chi connectivity index (χ3v) is 5.47. The first kappa shape index (κ1) is 20.0. The van der Waals surface area contributed by atoms with Gasteiger partial charge in [-0.25, -0.2) is 0 Å². The Balaban J connectivity index is 1.92. The zero-order chi connectivity index (χ0) is 18.1. The fourth-order valence-electron chi connectivity index (χ4n) is 4.17. The molecule has 6 heteroatoms. The van der Waals surface area contributed by atoms with Gasteiger partial charge in [-0.2, -0.15) is 0 Å². The molecule has 2 rings (SSSR count). The van der Waals surface area contributed by atoms with Gasteiger partial charge in [0, 0.05) is 39.7 Å². The van der Waals surface area contributed by atoms with E-state index in [0.717, 1.165) is 64.3 Å². The molecule has 2 aliphatic rings. The monoisotopic (exact) mass is 352 g/mol. The van der Waals surface area contributed by atoms with E-state index < -0.39 is 0 Å². The van der Waals surface area contributed by atoms with E-state index in [4.69, 9.17) is 10.5 Å². The van der Waals surface area contributed by atoms with Gasteiger partial charge in [0.15, 0.2) is 5.96 Å². The van der Waals surface area contributed by atoms with Gasteiger partial charge in [0.25, 0.3) is 0 Å². The van der Waals surface area contributed by atoms with Crippen LogP contribution in [-0.2, 0) is 9.53 Å². The summed E-state index contributed by atoms with van der Waals surface area (Å²) < 4.78 is 6.28. The average Bonchev–Trinajstić information content (AvgIpc) is 2.61. The molecule has 2 fully saturated rings. The smallest absolute Gasteiger partial charge is 0.217 e. The normalized spacial score (nSPS) is 24.2. The molecular formula is C19H36N4O2. The molecule has 1 saturated carbocycles. The number of hydrogen-bond acceptors (Lipinski definition) is 3. The van der Waals surface area contributed by atoms with E-state index in [0.29, 0.717) is 12.3 Å². The van der Waals surface area contributed by atoms with Crippen molar-refractivity contribution in [3.05, 3.63) is 0 Å². The highest BCUT2D eigenvalue weighted by Crippen LogP contribution is 2.31. The largest absolute Gasteiger partial charge is 0.373 e. The number of carbonyl (C=O) groups is 1. The van der Waals surface area contributed by atoms with Crippen LogP contribution in [0.1, 0.15) is 64.7 Å². The van der Waals surface area contributed by atoms with Gasteiger partial charge in [0.2, 0.25) is 5.91 Å². The van der Waals surface area contributed by atoms with Gasteiger partial charge in [-0.15, -0.1) is 0 Å². The molecule has 0 radical (unpaired) electrons. The lowest BCUT2D eigenvalue weighted by Crippen LogP contribution is -2.52. The number of likely N-dealkylation sites (tertiary alicyclic amines) is 1. The molecule has 25 heavy (non-hydrogen) atoms. The van der Waals surface area contributed by atoms with Crippen molar-refractivity contribution in [3.8, 4) is 0 Å². The molecule has 1 atom stereocenters. The highest BCUT2D eigenvalue weighted by Gasteiger charge is 2.33. The molecule has 144 valence electrons. The molecule has 0 aromatic heterocycles. The van der Waals surface area contributed by atoms with Gasteiger partial charge in [-0.1, -0.05) is 26.2 Å². The van der Waals surface area contributed by atoms with Crippen LogP contribution in [0, 0.1) is 5.92 Å². The van der Waals surface area contributed by atoms with Crippen LogP contribution >= 0.6 is 0 Å². The van der Waals surface area contributed by atoms with E-state index in [2.05, 4.69) is 22.1 Å². The van der Waals surface area contributed by atoms with Crippen molar-refractivity contribution >= 4 is 11.9 Å². The Morgan fingerprint density at radius 3 is 2.72 bits per heavy atom. The van der Waals surface area contributed by atoms with Crippen molar-refractivity contribution < 1.29 is 9.53 Å². The van der Waals surface area contributed by atoms with Crippen molar-refractivity contribution in [2.24, 2.45) is 16.6 Å². The zero-order valence-electron chi connectivity index (χ0n) is 16.1. The standard InChI is InChI=1S/C19H36N4O2/c1-3-12-25-19(9-5-4-6-10-19)15-22-18(21-2)23-11-7-8-16(14-23)13-17(20)24/h16H,3-15H2,1-2H3,(H2,20,24)(H,21,22). The Labute approximate surface area is 152 Å². The van der Waals surface area contributed by atoms with Crippen LogP contribution in [0.25, 0.3) is 0 Å². The highest BCUT2D eigenvalue weighted by atomic mass is 16.5. The summed E-state index contributed by atoms with van der Waals surface area (Å²) >= 11 is 0. The number of nitrogens with zero attached hydrogens (tertiary/aromatic N) is 2. The van der Waals surface area contributed by atoms with Crippen LogP contribution in [0.2, 0.25) is 0 Å². The Kier molecular flexibility index (Phi) is 8.00. The van der Waals surface area contributed by atoms with Crippen LogP contribution in [-0.4, -0.2) is 55.7 Å². The quantitative estimate of drug-likeness (QED) is 0.544. The number of rotatable bonds is 7. The molecule has 1 saturated heterocycles. The minimum absolute atomic E-state index is 0.0490. The fraction of sp³-hybridized carbons (Fsp3) is 0.895. The SMILES string of the molecule is CCCOC1(CNC(=NC)N2CCCC(CC(N)=O)C2)CCCCC1. The number of piperidine rings is 1. The predicted molar refractivity (Wildman–Crippen MR) is 102 cm³/mol. The second-order valence-corrected chi connectivity index (χ2v) is 7.62. The van der Waals surface area contributed by atoms with Gasteiger partial charge in [-0.05, 0) is 38.0 Å². The van der Waals surface area contributed by atoms with Gasteiger partial charge < -0.3 is 20.7 Å². The highest BCUT2D eigenvalue weighted by molar-refractivity contribution is 5.80. The molecule has 1 aliphatic carbocycles. The van der Waals surface area contributed by atoms with E-state index >= 15 is 0 Å². The number of primary amides is 1. The minimum atomic E-state index is -0.205. The minimum Gasteiger partial charge on any atom is -0.373 e. The first-order valence-corrected chi connectivity index (χ1v) is 9.96. The lowest BCUT2D eigenvalue weighted by atomic mass is 9.84. The Hall–Kier alpha value is -1.30. The van der Waals surface area contributed by atoms with Gasteiger partial charge >= 0.3 is 0 Å².